The molecule has 1 aliphatic heterocycles. The monoisotopic (exact) mass is 449 g/mol. The van der Waals surface area contributed by atoms with Gasteiger partial charge in [-0.25, -0.2) is 14.4 Å². The molecule has 1 aromatic heterocycles. The minimum absolute atomic E-state index is 0.00822. The predicted molar refractivity (Wildman–Crippen MR) is 118 cm³/mol. The first-order valence-corrected chi connectivity index (χ1v) is 11.0. The van der Waals surface area contributed by atoms with Gasteiger partial charge in [0.15, 0.2) is 0 Å². The third kappa shape index (κ3) is 4.86. The molecule has 2 aliphatic rings. The second-order valence-electron chi connectivity index (χ2n) is 7.62. The van der Waals surface area contributed by atoms with Crippen LogP contribution >= 0.6 is 11.8 Å². The number of aromatic nitrogens is 2. The number of nitriles is 1. The predicted octanol–water partition coefficient (Wildman–Crippen LogP) is 3.20. The van der Waals surface area contributed by atoms with E-state index in [-0.39, 0.29) is 35.0 Å². The van der Waals surface area contributed by atoms with Crippen LogP contribution in [0.3, 0.4) is 0 Å². The minimum atomic E-state index is -0.458. The number of nitrogens with zero attached hydrogens (tertiary/aromatic N) is 3. The van der Waals surface area contributed by atoms with Gasteiger partial charge in [0.05, 0.1) is 4.91 Å². The van der Waals surface area contributed by atoms with Crippen molar-refractivity contribution in [3.05, 3.63) is 81.6 Å². The van der Waals surface area contributed by atoms with E-state index in [4.69, 9.17) is 0 Å². The molecule has 1 unspecified atom stereocenters. The molecule has 2 N–H and O–H groups in total. The summed E-state index contributed by atoms with van der Waals surface area (Å²) in [6, 6.07) is 8.00. The summed E-state index contributed by atoms with van der Waals surface area (Å²) in [5.74, 6) is -1.16. The average molecular weight is 450 g/mol. The third-order valence-electron chi connectivity index (χ3n) is 5.33. The molecule has 2 heterocycles. The molecule has 0 saturated carbocycles. The van der Waals surface area contributed by atoms with E-state index < -0.39 is 11.8 Å². The fourth-order valence-electron chi connectivity index (χ4n) is 3.63. The topological polar surface area (TPSA) is 108 Å². The summed E-state index contributed by atoms with van der Waals surface area (Å²) in [5.41, 5.74) is 2.53. The first-order chi connectivity index (χ1) is 15.4. The highest BCUT2D eigenvalue weighted by Gasteiger charge is 2.30. The van der Waals surface area contributed by atoms with Crippen LogP contribution in [0.2, 0.25) is 0 Å². The highest BCUT2D eigenvalue weighted by molar-refractivity contribution is 8.04. The average Bonchev–Trinajstić information content (AvgIpc) is 2.81. The number of rotatable bonds is 5. The van der Waals surface area contributed by atoms with Gasteiger partial charge in [-0.1, -0.05) is 18.2 Å². The Hall–Kier alpha value is -3.51. The van der Waals surface area contributed by atoms with Crippen LogP contribution in [-0.4, -0.2) is 33.1 Å². The third-order valence-corrected chi connectivity index (χ3v) is 6.53. The maximum Gasteiger partial charge on any atom is 0.270 e. The van der Waals surface area contributed by atoms with E-state index in [0.29, 0.717) is 10.5 Å². The maximum absolute atomic E-state index is 13.4. The van der Waals surface area contributed by atoms with Gasteiger partial charge in [0.2, 0.25) is 0 Å². The number of hydrogen-bond acceptors (Lipinski definition) is 6. The Morgan fingerprint density at radius 1 is 1.25 bits per heavy atom. The smallest absolute Gasteiger partial charge is 0.270 e. The maximum atomic E-state index is 13.4. The summed E-state index contributed by atoms with van der Waals surface area (Å²) in [6.45, 7) is 1.86. The first-order valence-electron chi connectivity index (χ1n) is 10.1. The highest BCUT2D eigenvalue weighted by Crippen LogP contribution is 2.37. The lowest BCUT2D eigenvalue weighted by molar-refractivity contribution is 0.0930. The van der Waals surface area contributed by atoms with Crippen molar-refractivity contribution in [2.24, 2.45) is 0 Å². The van der Waals surface area contributed by atoms with Gasteiger partial charge >= 0.3 is 0 Å². The van der Waals surface area contributed by atoms with Crippen molar-refractivity contribution in [3.63, 3.8) is 0 Å². The van der Waals surface area contributed by atoms with Crippen molar-refractivity contribution >= 4 is 23.6 Å². The molecule has 9 heteroatoms. The molecule has 1 aromatic carbocycles. The lowest BCUT2D eigenvalue weighted by atomic mass is 9.94. The molecular weight excluding hydrogens is 429 g/mol. The second-order valence-corrected chi connectivity index (χ2v) is 8.84. The van der Waals surface area contributed by atoms with Crippen LogP contribution in [0.5, 0.6) is 0 Å². The van der Waals surface area contributed by atoms with Crippen molar-refractivity contribution in [3.8, 4) is 6.07 Å². The Kier molecular flexibility index (Phi) is 6.32. The normalized spacial score (nSPS) is 19.3. The summed E-state index contributed by atoms with van der Waals surface area (Å²) in [6.07, 6.45) is 6.70. The van der Waals surface area contributed by atoms with Crippen molar-refractivity contribution in [1.82, 2.24) is 20.6 Å². The Balaban J connectivity index is 1.39. The van der Waals surface area contributed by atoms with E-state index in [1.807, 2.05) is 6.08 Å². The van der Waals surface area contributed by atoms with E-state index in [2.05, 4.69) is 32.7 Å². The SMILES string of the molecule is Cc1cc(CNC(=O)c2cc(C(=O)N[C@@H]3CCC4=CC3SC(C#N)=C4)ncn2)ccc1F. The van der Waals surface area contributed by atoms with Gasteiger partial charge in [-0.3, -0.25) is 9.59 Å². The molecule has 1 aliphatic carbocycles. The van der Waals surface area contributed by atoms with Gasteiger partial charge in [-0.2, -0.15) is 5.26 Å². The first kappa shape index (κ1) is 21.7. The molecule has 0 saturated heterocycles. The Morgan fingerprint density at radius 3 is 2.78 bits per heavy atom. The summed E-state index contributed by atoms with van der Waals surface area (Å²) >= 11 is 1.43. The molecule has 32 heavy (non-hydrogen) atoms. The van der Waals surface area contributed by atoms with Crippen molar-refractivity contribution < 1.29 is 14.0 Å². The number of carbonyl (C=O) groups excluding carboxylic acids is 2. The van der Waals surface area contributed by atoms with Crippen LogP contribution in [-0.2, 0) is 6.54 Å². The Labute approximate surface area is 188 Å². The number of amides is 2. The molecule has 4 rings (SSSR count). The largest absolute Gasteiger partial charge is 0.347 e. The van der Waals surface area contributed by atoms with Gasteiger partial charge in [0.1, 0.15) is 29.6 Å². The zero-order valence-electron chi connectivity index (χ0n) is 17.3. The number of halogens is 1. The number of nitrogens with one attached hydrogen (secondary N) is 2. The molecule has 162 valence electrons. The minimum Gasteiger partial charge on any atom is -0.347 e. The summed E-state index contributed by atoms with van der Waals surface area (Å²) in [4.78, 5) is 33.9. The van der Waals surface area contributed by atoms with E-state index in [0.717, 1.165) is 24.0 Å². The van der Waals surface area contributed by atoms with E-state index in [1.165, 1.54) is 30.2 Å². The number of carbonyl (C=O) groups is 2. The van der Waals surface area contributed by atoms with E-state index in [9.17, 15) is 19.2 Å². The van der Waals surface area contributed by atoms with Gasteiger partial charge in [0, 0.05) is 23.9 Å². The Morgan fingerprint density at radius 2 is 2.03 bits per heavy atom. The van der Waals surface area contributed by atoms with Crippen molar-refractivity contribution in [1.29, 1.82) is 5.26 Å². The molecule has 7 nitrogen and oxygen atoms in total. The lowest BCUT2D eigenvalue weighted by Gasteiger charge is -2.32. The van der Waals surface area contributed by atoms with Crippen LogP contribution in [0.4, 0.5) is 4.39 Å². The number of benzene rings is 1. The standard InChI is InChI=1S/C23H20FN5O2S/c1-13-6-15(2-4-17(13)24)11-26-22(30)19-9-20(28-12-27-19)23(31)29-18-5-3-14-7-16(10-25)32-21(18)8-14/h2,4,6-9,12,18,21H,3,5,11H2,1H3,(H,26,30)(H,29,31)/t18-,21?/m1/s1. The molecule has 2 atom stereocenters. The van der Waals surface area contributed by atoms with Crippen LogP contribution in [0, 0.1) is 24.1 Å². The summed E-state index contributed by atoms with van der Waals surface area (Å²) < 4.78 is 13.4. The van der Waals surface area contributed by atoms with Crippen LogP contribution in [0.1, 0.15) is 44.9 Å². The van der Waals surface area contributed by atoms with Gasteiger partial charge in [-0.15, -0.1) is 11.8 Å². The summed E-state index contributed by atoms with van der Waals surface area (Å²) in [5, 5.41) is 14.9. The van der Waals surface area contributed by atoms with E-state index in [1.54, 1.807) is 19.1 Å². The lowest BCUT2D eigenvalue weighted by Crippen LogP contribution is -2.43. The van der Waals surface area contributed by atoms with Crippen molar-refractivity contribution in [2.75, 3.05) is 0 Å². The van der Waals surface area contributed by atoms with Crippen LogP contribution in [0.15, 0.2) is 53.2 Å². The second kappa shape index (κ2) is 9.32. The highest BCUT2D eigenvalue weighted by atomic mass is 32.2. The molecule has 0 spiro atoms. The van der Waals surface area contributed by atoms with Gasteiger partial charge in [0.25, 0.3) is 11.8 Å². The van der Waals surface area contributed by atoms with Gasteiger partial charge in [-0.05, 0) is 48.6 Å². The molecule has 2 bridgehead atoms. The van der Waals surface area contributed by atoms with Gasteiger partial charge < -0.3 is 10.6 Å². The fraction of sp³-hybridized carbons (Fsp3) is 0.261. The molecule has 0 radical (unpaired) electrons. The Bertz CT molecular complexity index is 1190. The quantitative estimate of drug-likeness (QED) is 0.726. The van der Waals surface area contributed by atoms with E-state index >= 15 is 0 Å². The fourth-order valence-corrected chi connectivity index (χ4v) is 4.81. The molecule has 0 fully saturated rings. The molecule has 2 amide bonds. The summed E-state index contributed by atoms with van der Waals surface area (Å²) in [7, 11) is 0. The van der Waals surface area contributed by atoms with Crippen LogP contribution < -0.4 is 10.6 Å². The zero-order chi connectivity index (χ0) is 22.7. The van der Waals surface area contributed by atoms with Crippen LogP contribution in [0.25, 0.3) is 0 Å². The molecular formula is C23H20FN5O2S. The number of allylic oxidation sites excluding steroid dienone is 3. The number of hydrogen-bond donors (Lipinski definition) is 2. The number of thioether (sulfide) groups is 1. The number of fused-ring (bicyclic) bond motifs is 1. The van der Waals surface area contributed by atoms with Crippen molar-refractivity contribution in [2.45, 2.75) is 37.6 Å². The number of aryl methyl sites for hydroxylation is 1. The molecule has 2 aromatic rings. The zero-order valence-corrected chi connectivity index (χ0v) is 18.1.